The van der Waals surface area contributed by atoms with Gasteiger partial charge in [-0.2, -0.15) is 0 Å². The molecule has 27 heavy (non-hydrogen) atoms. The van der Waals surface area contributed by atoms with Gasteiger partial charge in [0.2, 0.25) is 0 Å². The molecule has 3 aromatic carbocycles. The maximum atomic E-state index is 10.3. The Hall–Kier alpha value is -2.76. The van der Waals surface area contributed by atoms with Gasteiger partial charge in [-0.15, -0.1) is 11.3 Å². The van der Waals surface area contributed by atoms with E-state index in [1.165, 1.54) is 0 Å². The smallest absolute Gasteiger partial charge is 0.128 e. The predicted octanol–water partition coefficient (Wildman–Crippen LogP) is 6.85. The highest BCUT2D eigenvalue weighted by atomic mass is 79.9. The molecule has 0 amide bonds. The van der Waals surface area contributed by atoms with Crippen molar-refractivity contribution in [3.63, 3.8) is 0 Å². The Labute approximate surface area is 169 Å². The first-order valence-corrected chi connectivity index (χ1v) is 9.95. The zero-order chi connectivity index (χ0) is 18.6. The number of nitrogens with zero attached hydrogens (tertiary/aromatic N) is 2. The van der Waals surface area contributed by atoms with Gasteiger partial charge in [-0.25, -0.2) is 4.98 Å². The van der Waals surface area contributed by atoms with Crippen molar-refractivity contribution in [1.29, 1.82) is 0 Å². The van der Waals surface area contributed by atoms with E-state index in [2.05, 4.69) is 25.9 Å². The molecule has 0 unspecified atom stereocenters. The van der Waals surface area contributed by atoms with Crippen LogP contribution in [-0.2, 0) is 0 Å². The van der Waals surface area contributed by atoms with Crippen molar-refractivity contribution in [2.45, 2.75) is 0 Å². The number of aromatic hydroxyl groups is 1. The van der Waals surface area contributed by atoms with Gasteiger partial charge in [0.1, 0.15) is 10.8 Å². The molecule has 3 nitrogen and oxygen atoms in total. The van der Waals surface area contributed by atoms with Crippen molar-refractivity contribution in [3.8, 4) is 16.3 Å². The zero-order valence-corrected chi connectivity index (χ0v) is 16.6. The molecule has 0 aliphatic heterocycles. The first-order valence-electron chi connectivity index (χ1n) is 8.34. The fourth-order valence-corrected chi connectivity index (χ4v) is 3.88. The van der Waals surface area contributed by atoms with Crippen LogP contribution in [-0.4, -0.2) is 16.3 Å². The number of aromatic nitrogens is 1. The highest BCUT2D eigenvalue weighted by Gasteiger charge is 2.10. The van der Waals surface area contributed by atoms with E-state index in [9.17, 15) is 5.11 Å². The Morgan fingerprint density at radius 1 is 1.00 bits per heavy atom. The predicted molar refractivity (Wildman–Crippen MR) is 118 cm³/mol. The van der Waals surface area contributed by atoms with Crippen molar-refractivity contribution in [2.24, 2.45) is 4.99 Å². The molecule has 1 N–H and O–H groups in total. The average Bonchev–Trinajstić information content (AvgIpc) is 3.12. The van der Waals surface area contributed by atoms with E-state index in [0.29, 0.717) is 5.56 Å². The van der Waals surface area contributed by atoms with Gasteiger partial charge in [0.05, 0.1) is 21.5 Å². The summed E-state index contributed by atoms with van der Waals surface area (Å²) in [5, 5.41) is 11.0. The van der Waals surface area contributed by atoms with Crippen LogP contribution in [0, 0.1) is 0 Å². The molecular formula is C22H15BrN2OS. The Balaban J connectivity index is 1.57. The van der Waals surface area contributed by atoms with E-state index in [4.69, 9.17) is 0 Å². The van der Waals surface area contributed by atoms with Gasteiger partial charge in [0.25, 0.3) is 0 Å². The second-order valence-corrected chi connectivity index (χ2v) is 7.82. The molecule has 132 valence electrons. The number of allylic oxidation sites excluding steroid dienone is 1. The number of rotatable bonds is 4. The first kappa shape index (κ1) is 17.6. The largest absolute Gasteiger partial charge is 0.507 e. The number of aliphatic imine (C=N–C) groups is 1. The quantitative estimate of drug-likeness (QED) is 0.357. The van der Waals surface area contributed by atoms with E-state index < -0.39 is 0 Å². The van der Waals surface area contributed by atoms with E-state index >= 15 is 0 Å². The number of benzene rings is 3. The molecule has 5 heteroatoms. The molecule has 4 rings (SSSR count). The lowest BCUT2D eigenvalue weighted by Crippen LogP contribution is -1.78. The third-order valence-electron chi connectivity index (χ3n) is 3.97. The van der Waals surface area contributed by atoms with Crippen LogP contribution in [0.2, 0.25) is 0 Å². The second-order valence-electron chi connectivity index (χ2n) is 5.88. The summed E-state index contributed by atoms with van der Waals surface area (Å²) in [4.78, 5) is 9.08. The maximum Gasteiger partial charge on any atom is 0.128 e. The van der Waals surface area contributed by atoms with Crippen molar-refractivity contribution >= 4 is 55.5 Å². The second kappa shape index (κ2) is 7.86. The SMILES string of the molecule is Oc1ccc(N=CC=Cc2ccc(Br)cc2)cc1-c1nc2ccccc2s1. The number of halogens is 1. The number of hydrogen-bond donors (Lipinski definition) is 1. The third kappa shape index (κ3) is 4.15. The lowest BCUT2D eigenvalue weighted by molar-refractivity contribution is 0.477. The van der Waals surface area contributed by atoms with Crippen molar-refractivity contribution in [1.82, 2.24) is 4.98 Å². The van der Waals surface area contributed by atoms with Gasteiger partial charge in [-0.05, 0) is 54.1 Å². The fraction of sp³-hybridized carbons (Fsp3) is 0. The minimum atomic E-state index is 0.207. The van der Waals surface area contributed by atoms with Gasteiger partial charge in [-0.1, -0.05) is 46.3 Å². The molecule has 1 aromatic heterocycles. The molecule has 1 heterocycles. The van der Waals surface area contributed by atoms with E-state index in [1.807, 2.05) is 66.7 Å². The monoisotopic (exact) mass is 434 g/mol. The standard InChI is InChI=1S/C22H15BrN2OS/c23-16-9-7-15(8-10-16)4-3-13-24-17-11-12-20(26)18(14-17)22-25-19-5-1-2-6-21(19)27-22/h1-14,26H. The summed E-state index contributed by atoms with van der Waals surface area (Å²) in [7, 11) is 0. The summed E-state index contributed by atoms with van der Waals surface area (Å²) in [6.45, 7) is 0. The Kier molecular flexibility index (Phi) is 5.14. The molecule has 0 radical (unpaired) electrons. The average molecular weight is 435 g/mol. The molecule has 0 fully saturated rings. The van der Waals surface area contributed by atoms with E-state index in [0.717, 1.165) is 30.9 Å². The van der Waals surface area contributed by atoms with Gasteiger partial charge in [0, 0.05) is 10.7 Å². The van der Waals surface area contributed by atoms with Crippen LogP contribution in [0.5, 0.6) is 5.75 Å². The molecule has 0 aliphatic rings. The van der Waals surface area contributed by atoms with Crippen LogP contribution in [0.15, 0.2) is 82.3 Å². The minimum Gasteiger partial charge on any atom is -0.507 e. The van der Waals surface area contributed by atoms with Crippen LogP contribution in [0.25, 0.3) is 26.9 Å². The maximum absolute atomic E-state index is 10.3. The lowest BCUT2D eigenvalue weighted by atomic mass is 10.2. The van der Waals surface area contributed by atoms with Crippen molar-refractivity contribution < 1.29 is 5.11 Å². The van der Waals surface area contributed by atoms with Gasteiger partial charge >= 0.3 is 0 Å². The first-order chi connectivity index (χ1) is 13.2. The summed E-state index contributed by atoms with van der Waals surface area (Å²) in [6, 6.07) is 21.3. The summed E-state index contributed by atoms with van der Waals surface area (Å²) in [5.74, 6) is 0.207. The molecule has 0 bridgehead atoms. The topological polar surface area (TPSA) is 45.5 Å². The number of phenolic OH excluding ortho intramolecular Hbond substituents is 1. The Morgan fingerprint density at radius 3 is 2.63 bits per heavy atom. The van der Waals surface area contributed by atoms with E-state index in [1.54, 1.807) is 29.7 Å². The van der Waals surface area contributed by atoms with Crippen LogP contribution in [0.1, 0.15) is 5.56 Å². The van der Waals surface area contributed by atoms with Crippen LogP contribution < -0.4 is 0 Å². The molecular weight excluding hydrogens is 420 g/mol. The number of para-hydroxylation sites is 1. The molecule has 0 spiro atoms. The Bertz CT molecular complexity index is 1110. The molecule has 0 saturated heterocycles. The molecule has 4 aromatic rings. The van der Waals surface area contributed by atoms with Crippen LogP contribution >= 0.6 is 27.3 Å². The highest BCUT2D eigenvalue weighted by Crippen LogP contribution is 2.37. The molecule has 0 atom stereocenters. The summed E-state index contributed by atoms with van der Waals surface area (Å²) in [5.41, 5.74) is 3.50. The highest BCUT2D eigenvalue weighted by molar-refractivity contribution is 9.10. The van der Waals surface area contributed by atoms with Crippen LogP contribution in [0.3, 0.4) is 0 Å². The summed E-state index contributed by atoms with van der Waals surface area (Å²) >= 11 is 4.98. The van der Waals surface area contributed by atoms with Gasteiger partial charge in [-0.3, -0.25) is 4.99 Å². The van der Waals surface area contributed by atoms with Gasteiger partial charge in [0.15, 0.2) is 0 Å². The van der Waals surface area contributed by atoms with Crippen molar-refractivity contribution in [2.75, 3.05) is 0 Å². The summed E-state index contributed by atoms with van der Waals surface area (Å²) < 4.78 is 2.15. The van der Waals surface area contributed by atoms with Gasteiger partial charge < -0.3 is 5.11 Å². The number of fused-ring (bicyclic) bond motifs is 1. The van der Waals surface area contributed by atoms with Crippen molar-refractivity contribution in [3.05, 3.63) is 82.8 Å². The molecule has 0 saturated carbocycles. The number of thiazole rings is 1. The zero-order valence-electron chi connectivity index (χ0n) is 14.2. The molecule has 0 aliphatic carbocycles. The Morgan fingerprint density at radius 2 is 1.81 bits per heavy atom. The number of hydrogen-bond acceptors (Lipinski definition) is 4. The fourth-order valence-electron chi connectivity index (χ4n) is 2.62. The lowest BCUT2D eigenvalue weighted by Gasteiger charge is -2.02. The van der Waals surface area contributed by atoms with E-state index in [-0.39, 0.29) is 5.75 Å². The normalized spacial score (nSPS) is 11.7. The number of phenols is 1. The third-order valence-corrected chi connectivity index (χ3v) is 5.57. The van der Waals surface area contributed by atoms with Crippen LogP contribution in [0.4, 0.5) is 5.69 Å². The minimum absolute atomic E-state index is 0.207. The summed E-state index contributed by atoms with van der Waals surface area (Å²) in [6.07, 6.45) is 5.63.